The van der Waals surface area contributed by atoms with E-state index in [-0.39, 0.29) is 17.5 Å². The second-order valence-corrected chi connectivity index (χ2v) is 5.07. The molecule has 21 heavy (non-hydrogen) atoms. The summed E-state index contributed by atoms with van der Waals surface area (Å²) in [6.45, 7) is 0.623. The SMILES string of the molecule is CNC1CCN(C(=O)c2cccc(=O)[nH]2)c2ccccc21. The number of carbonyl (C=O) groups is 1. The van der Waals surface area contributed by atoms with Crippen molar-refractivity contribution in [1.29, 1.82) is 0 Å². The molecule has 1 aliphatic rings. The van der Waals surface area contributed by atoms with Gasteiger partial charge in [-0.3, -0.25) is 9.59 Å². The molecule has 5 heteroatoms. The first-order chi connectivity index (χ1) is 10.2. The molecular weight excluding hydrogens is 266 g/mol. The Balaban J connectivity index is 2.00. The second kappa shape index (κ2) is 5.54. The second-order valence-electron chi connectivity index (χ2n) is 5.07. The van der Waals surface area contributed by atoms with Crippen LogP contribution in [-0.4, -0.2) is 24.5 Å². The van der Waals surface area contributed by atoms with Crippen LogP contribution in [0, 0.1) is 0 Å². The van der Waals surface area contributed by atoms with Gasteiger partial charge in [0.2, 0.25) is 5.56 Å². The summed E-state index contributed by atoms with van der Waals surface area (Å²) in [5.74, 6) is -0.172. The highest BCUT2D eigenvalue weighted by Gasteiger charge is 2.28. The fourth-order valence-corrected chi connectivity index (χ4v) is 2.79. The van der Waals surface area contributed by atoms with Gasteiger partial charge in [-0.2, -0.15) is 0 Å². The zero-order chi connectivity index (χ0) is 14.8. The maximum Gasteiger partial charge on any atom is 0.274 e. The van der Waals surface area contributed by atoms with Gasteiger partial charge < -0.3 is 15.2 Å². The molecule has 2 N–H and O–H groups in total. The molecule has 0 saturated heterocycles. The molecule has 1 atom stereocenters. The van der Waals surface area contributed by atoms with Crippen LogP contribution in [0.3, 0.4) is 0 Å². The van der Waals surface area contributed by atoms with E-state index in [0.29, 0.717) is 12.2 Å². The van der Waals surface area contributed by atoms with Gasteiger partial charge in [-0.1, -0.05) is 24.3 Å². The quantitative estimate of drug-likeness (QED) is 0.881. The molecule has 0 saturated carbocycles. The summed E-state index contributed by atoms with van der Waals surface area (Å²) < 4.78 is 0. The lowest BCUT2D eigenvalue weighted by atomic mass is 9.96. The number of carbonyl (C=O) groups excluding carboxylic acids is 1. The highest BCUT2D eigenvalue weighted by molar-refractivity contribution is 6.05. The summed E-state index contributed by atoms with van der Waals surface area (Å²) >= 11 is 0. The van der Waals surface area contributed by atoms with Crippen LogP contribution in [-0.2, 0) is 0 Å². The Morgan fingerprint density at radius 1 is 1.24 bits per heavy atom. The highest BCUT2D eigenvalue weighted by Crippen LogP contribution is 2.33. The van der Waals surface area contributed by atoms with Gasteiger partial charge in [-0.15, -0.1) is 0 Å². The van der Waals surface area contributed by atoms with Crippen LogP contribution in [0.5, 0.6) is 0 Å². The molecule has 5 nitrogen and oxygen atoms in total. The summed E-state index contributed by atoms with van der Waals surface area (Å²) in [6.07, 6.45) is 0.844. The van der Waals surface area contributed by atoms with Gasteiger partial charge in [0.05, 0.1) is 0 Å². The van der Waals surface area contributed by atoms with Crippen LogP contribution in [0.15, 0.2) is 47.3 Å². The normalized spacial score (nSPS) is 17.4. The number of para-hydroxylation sites is 1. The average molecular weight is 283 g/mol. The Morgan fingerprint density at radius 3 is 2.81 bits per heavy atom. The number of amides is 1. The Kier molecular flexibility index (Phi) is 3.58. The number of rotatable bonds is 2. The molecule has 3 rings (SSSR count). The van der Waals surface area contributed by atoms with E-state index in [2.05, 4.69) is 10.3 Å². The molecule has 0 fully saturated rings. The first-order valence-corrected chi connectivity index (χ1v) is 6.98. The summed E-state index contributed by atoms with van der Waals surface area (Å²) in [6, 6.07) is 12.8. The van der Waals surface area contributed by atoms with Crippen molar-refractivity contribution in [2.45, 2.75) is 12.5 Å². The first-order valence-electron chi connectivity index (χ1n) is 6.98. The van der Waals surface area contributed by atoms with Crippen molar-refractivity contribution < 1.29 is 4.79 Å². The van der Waals surface area contributed by atoms with Crippen molar-refractivity contribution in [3.05, 3.63) is 64.1 Å². The molecule has 2 aromatic rings. The number of pyridine rings is 1. The lowest BCUT2D eigenvalue weighted by molar-refractivity contribution is 0.0978. The monoisotopic (exact) mass is 283 g/mol. The maximum atomic E-state index is 12.6. The van der Waals surface area contributed by atoms with Crippen molar-refractivity contribution in [2.24, 2.45) is 0 Å². The minimum atomic E-state index is -0.265. The molecule has 2 heterocycles. The van der Waals surface area contributed by atoms with Crippen molar-refractivity contribution in [3.8, 4) is 0 Å². The smallest absolute Gasteiger partial charge is 0.274 e. The third kappa shape index (κ3) is 2.48. The predicted molar refractivity (Wildman–Crippen MR) is 81.6 cm³/mol. The van der Waals surface area contributed by atoms with Crippen molar-refractivity contribution >= 4 is 11.6 Å². The van der Waals surface area contributed by atoms with Crippen molar-refractivity contribution in [2.75, 3.05) is 18.5 Å². The lowest BCUT2D eigenvalue weighted by Crippen LogP contribution is -2.39. The summed E-state index contributed by atoms with van der Waals surface area (Å²) in [7, 11) is 1.92. The van der Waals surface area contributed by atoms with E-state index in [1.165, 1.54) is 6.07 Å². The summed E-state index contributed by atoms with van der Waals surface area (Å²) in [5.41, 5.74) is 2.06. The molecule has 1 aromatic carbocycles. The third-order valence-electron chi connectivity index (χ3n) is 3.84. The molecule has 0 aliphatic carbocycles. The van der Waals surface area contributed by atoms with Crippen LogP contribution >= 0.6 is 0 Å². The number of H-pyrrole nitrogens is 1. The number of hydrogen-bond acceptors (Lipinski definition) is 3. The van der Waals surface area contributed by atoms with E-state index >= 15 is 0 Å². The topological polar surface area (TPSA) is 65.2 Å². The number of fused-ring (bicyclic) bond motifs is 1. The lowest BCUT2D eigenvalue weighted by Gasteiger charge is -2.34. The van der Waals surface area contributed by atoms with Gasteiger partial charge in [0.1, 0.15) is 5.69 Å². The molecular formula is C16H17N3O2. The van der Waals surface area contributed by atoms with Gasteiger partial charge >= 0.3 is 0 Å². The third-order valence-corrected chi connectivity index (χ3v) is 3.84. The van der Waals surface area contributed by atoms with Crippen LogP contribution in [0.25, 0.3) is 0 Å². The predicted octanol–water partition coefficient (Wildman–Crippen LogP) is 1.69. The number of hydrogen-bond donors (Lipinski definition) is 2. The molecule has 1 amide bonds. The van der Waals surface area contributed by atoms with Crippen molar-refractivity contribution in [3.63, 3.8) is 0 Å². The molecule has 1 aromatic heterocycles. The fourth-order valence-electron chi connectivity index (χ4n) is 2.79. The minimum Gasteiger partial charge on any atom is -0.318 e. The van der Waals surface area contributed by atoms with E-state index in [1.807, 2.05) is 31.3 Å². The van der Waals surface area contributed by atoms with E-state index in [9.17, 15) is 9.59 Å². The van der Waals surface area contributed by atoms with Gasteiger partial charge in [0.15, 0.2) is 0 Å². The number of nitrogens with zero attached hydrogens (tertiary/aromatic N) is 1. The maximum absolute atomic E-state index is 12.6. The number of nitrogens with one attached hydrogen (secondary N) is 2. The van der Waals surface area contributed by atoms with Crippen LogP contribution < -0.4 is 15.8 Å². The Labute approximate surface area is 122 Å². The zero-order valence-corrected chi connectivity index (χ0v) is 11.8. The average Bonchev–Trinajstić information content (AvgIpc) is 2.53. The molecule has 1 aliphatic heterocycles. The zero-order valence-electron chi connectivity index (χ0n) is 11.8. The Morgan fingerprint density at radius 2 is 2.05 bits per heavy atom. The number of benzene rings is 1. The first kappa shape index (κ1) is 13.6. The fraction of sp³-hybridized carbons (Fsp3) is 0.250. The van der Waals surface area contributed by atoms with Gasteiger partial charge in [0, 0.05) is 24.3 Å². The van der Waals surface area contributed by atoms with E-state index < -0.39 is 0 Å². The highest BCUT2D eigenvalue weighted by atomic mass is 16.2. The molecule has 0 radical (unpaired) electrons. The largest absolute Gasteiger partial charge is 0.318 e. The van der Waals surface area contributed by atoms with Gasteiger partial charge in [-0.05, 0) is 31.2 Å². The Hall–Kier alpha value is -2.40. The Bertz CT molecular complexity index is 723. The number of anilines is 1. The van der Waals surface area contributed by atoms with Gasteiger partial charge in [0.25, 0.3) is 5.91 Å². The molecule has 0 bridgehead atoms. The van der Waals surface area contributed by atoms with Crippen LogP contribution in [0.1, 0.15) is 28.5 Å². The van der Waals surface area contributed by atoms with E-state index in [1.54, 1.807) is 17.0 Å². The number of aromatic amines is 1. The van der Waals surface area contributed by atoms with E-state index in [0.717, 1.165) is 17.7 Å². The molecule has 0 spiro atoms. The van der Waals surface area contributed by atoms with Crippen LogP contribution in [0.4, 0.5) is 5.69 Å². The molecule has 1 unspecified atom stereocenters. The van der Waals surface area contributed by atoms with E-state index in [4.69, 9.17) is 0 Å². The summed E-state index contributed by atoms with van der Waals surface area (Å²) in [4.78, 5) is 28.4. The van der Waals surface area contributed by atoms with Crippen molar-refractivity contribution in [1.82, 2.24) is 10.3 Å². The standard InChI is InChI=1S/C16H17N3O2/c1-17-12-9-10-19(14-7-3-2-5-11(12)14)16(21)13-6-4-8-15(20)18-13/h2-8,12,17H,9-10H2,1H3,(H,18,20). The summed E-state index contributed by atoms with van der Waals surface area (Å²) in [5, 5.41) is 3.27. The van der Waals surface area contributed by atoms with Gasteiger partial charge in [-0.25, -0.2) is 0 Å². The number of aromatic nitrogens is 1. The minimum absolute atomic E-state index is 0.172. The van der Waals surface area contributed by atoms with Crippen LogP contribution in [0.2, 0.25) is 0 Å². The molecule has 108 valence electrons.